The Morgan fingerprint density at radius 1 is 1.29 bits per heavy atom. The van der Waals surface area contributed by atoms with Crippen LogP contribution in [-0.2, 0) is 19.4 Å². The van der Waals surface area contributed by atoms with E-state index in [1.807, 2.05) is 29.5 Å². The number of hydrogen-bond donors (Lipinski definition) is 3. The van der Waals surface area contributed by atoms with Crippen molar-refractivity contribution in [3.63, 3.8) is 0 Å². The second-order valence-corrected chi connectivity index (χ2v) is 8.62. The second-order valence-electron chi connectivity index (χ2n) is 7.61. The Kier molecular flexibility index (Phi) is 10.8. The molecule has 1 aliphatic heterocycles. The SMILES string of the molecule is CCNC(=NCC(C)N1CCc2sccc2C1)NCCc1cccc(C(=O)NC)c1.I. The van der Waals surface area contributed by atoms with E-state index in [-0.39, 0.29) is 29.9 Å². The van der Waals surface area contributed by atoms with Crippen LogP contribution in [0.3, 0.4) is 0 Å². The smallest absolute Gasteiger partial charge is 0.251 e. The lowest BCUT2D eigenvalue weighted by atomic mass is 10.1. The maximum atomic E-state index is 11.8. The lowest BCUT2D eigenvalue weighted by Gasteiger charge is -2.31. The molecule has 0 radical (unpaired) electrons. The highest BCUT2D eigenvalue weighted by Gasteiger charge is 2.21. The number of nitrogens with one attached hydrogen (secondary N) is 3. The van der Waals surface area contributed by atoms with Crippen molar-refractivity contribution >= 4 is 47.2 Å². The lowest BCUT2D eigenvalue weighted by molar-refractivity contribution is 0.0963. The van der Waals surface area contributed by atoms with Gasteiger partial charge in [0.05, 0.1) is 6.54 Å². The van der Waals surface area contributed by atoms with Gasteiger partial charge < -0.3 is 16.0 Å². The first-order valence-electron chi connectivity index (χ1n) is 10.7. The van der Waals surface area contributed by atoms with Gasteiger partial charge in [-0.25, -0.2) is 0 Å². The van der Waals surface area contributed by atoms with Crippen molar-refractivity contribution in [3.8, 4) is 0 Å². The molecule has 2 aromatic rings. The summed E-state index contributed by atoms with van der Waals surface area (Å²) in [5.41, 5.74) is 3.30. The monoisotopic (exact) mass is 555 g/mol. The molecule has 31 heavy (non-hydrogen) atoms. The molecule has 2 heterocycles. The van der Waals surface area contributed by atoms with Gasteiger partial charge in [-0.15, -0.1) is 35.3 Å². The lowest BCUT2D eigenvalue weighted by Crippen LogP contribution is -2.41. The molecule has 1 atom stereocenters. The van der Waals surface area contributed by atoms with E-state index in [0.717, 1.165) is 57.1 Å². The van der Waals surface area contributed by atoms with Gasteiger partial charge in [0.1, 0.15) is 0 Å². The van der Waals surface area contributed by atoms with Crippen LogP contribution >= 0.6 is 35.3 Å². The number of hydrogen-bond acceptors (Lipinski definition) is 4. The minimum Gasteiger partial charge on any atom is -0.357 e. The number of carbonyl (C=O) groups excluding carboxylic acids is 1. The second kappa shape index (κ2) is 13.0. The molecule has 0 saturated carbocycles. The van der Waals surface area contributed by atoms with Crippen LogP contribution in [0.1, 0.15) is 40.2 Å². The Morgan fingerprint density at radius 2 is 2.13 bits per heavy atom. The van der Waals surface area contributed by atoms with Gasteiger partial charge in [-0.1, -0.05) is 12.1 Å². The predicted octanol–water partition coefficient (Wildman–Crippen LogP) is 3.27. The Balaban J connectivity index is 0.00000341. The number of aliphatic imine (C=N–C) groups is 1. The van der Waals surface area contributed by atoms with Crippen molar-refractivity contribution in [1.82, 2.24) is 20.9 Å². The minimum absolute atomic E-state index is 0. The molecule has 8 heteroatoms. The number of halogens is 1. The summed E-state index contributed by atoms with van der Waals surface area (Å²) in [4.78, 5) is 20.7. The number of carbonyl (C=O) groups is 1. The Hall–Kier alpha value is -1.65. The first-order valence-corrected chi connectivity index (χ1v) is 11.6. The summed E-state index contributed by atoms with van der Waals surface area (Å²) in [6.07, 6.45) is 1.98. The van der Waals surface area contributed by atoms with Crippen molar-refractivity contribution in [1.29, 1.82) is 0 Å². The molecule has 1 unspecified atom stereocenters. The number of amides is 1. The standard InChI is InChI=1S/C23H33N5OS.HI/c1-4-25-23(26-11-8-18-6-5-7-19(14-18)22(29)24-3)27-15-17(2)28-12-9-21-20(16-28)10-13-30-21;/h5-7,10,13-14,17H,4,8-9,11-12,15-16H2,1-3H3,(H,24,29)(H2,25,26,27);1H. The fourth-order valence-electron chi connectivity index (χ4n) is 3.66. The minimum atomic E-state index is -0.0546. The summed E-state index contributed by atoms with van der Waals surface area (Å²) in [7, 11) is 1.65. The molecule has 0 bridgehead atoms. The highest BCUT2D eigenvalue weighted by molar-refractivity contribution is 14.0. The van der Waals surface area contributed by atoms with E-state index >= 15 is 0 Å². The van der Waals surface area contributed by atoms with E-state index in [0.29, 0.717) is 11.6 Å². The number of fused-ring (bicyclic) bond motifs is 1. The summed E-state index contributed by atoms with van der Waals surface area (Å²) in [6, 6.07) is 10.4. The van der Waals surface area contributed by atoms with Crippen LogP contribution in [0.25, 0.3) is 0 Å². The third-order valence-corrected chi connectivity index (χ3v) is 6.46. The number of rotatable bonds is 8. The molecule has 0 fully saturated rings. The van der Waals surface area contributed by atoms with Crippen LogP contribution in [0, 0.1) is 0 Å². The molecule has 0 spiro atoms. The van der Waals surface area contributed by atoms with Crippen molar-refractivity contribution in [2.45, 2.75) is 39.3 Å². The number of thiophene rings is 1. The number of guanidine groups is 1. The number of benzene rings is 1. The molecule has 3 N–H and O–H groups in total. The molecule has 6 nitrogen and oxygen atoms in total. The highest BCUT2D eigenvalue weighted by atomic mass is 127. The first kappa shape index (κ1) is 25.6. The predicted molar refractivity (Wildman–Crippen MR) is 141 cm³/mol. The van der Waals surface area contributed by atoms with Gasteiger partial charge in [-0.2, -0.15) is 0 Å². The molecular formula is C23H34IN5OS. The average Bonchev–Trinajstić information content (AvgIpc) is 3.24. The molecule has 1 aromatic heterocycles. The van der Waals surface area contributed by atoms with Crippen LogP contribution in [0.2, 0.25) is 0 Å². The maximum absolute atomic E-state index is 11.8. The largest absolute Gasteiger partial charge is 0.357 e. The Morgan fingerprint density at radius 3 is 2.90 bits per heavy atom. The zero-order chi connectivity index (χ0) is 21.3. The maximum Gasteiger partial charge on any atom is 0.251 e. The van der Waals surface area contributed by atoms with Crippen molar-refractivity contribution in [2.24, 2.45) is 4.99 Å². The zero-order valence-electron chi connectivity index (χ0n) is 18.6. The fourth-order valence-corrected chi connectivity index (χ4v) is 4.55. The zero-order valence-corrected chi connectivity index (χ0v) is 21.8. The van der Waals surface area contributed by atoms with E-state index in [1.165, 1.54) is 10.4 Å². The summed E-state index contributed by atoms with van der Waals surface area (Å²) in [5.74, 6) is 0.793. The molecular weight excluding hydrogens is 521 g/mol. The van der Waals surface area contributed by atoms with Gasteiger partial charge in [-0.3, -0.25) is 14.7 Å². The van der Waals surface area contributed by atoms with Crippen molar-refractivity contribution in [3.05, 3.63) is 57.3 Å². The van der Waals surface area contributed by atoms with Gasteiger partial charge in [-0.05, 0) is 61.4 Å². The summed E-state index contributed by atoms with van der Waals surface area (Å²) in [5, 5.41) is 11.6. The van der Waals surface area contributed by atoms with Crippen LogP contribution < -0.4 is 16.0 Å². The Labute approximate surface area is 206 Å². The molecule has 0 saturated heterocycles. The van der Waals surface area contributed by atoms with E-state index in [4.69, 9.17) is 4.99 Å². The third-order valence-electron chi connectivity index (χ3n) is 5.44. The third kappa shape index (κ3) is 7.47. The van der Waals surface area contributed by atoms with Crippen LogP contribution in [0.5, 0.6) is 0 Å². The average molecular weight is 556 g/mol. The number of nitrogens with zero attached hydrogens (tertiary/aromatic N) is 2. The molecule has 1 aliphatic rings. The van der Waals surface area contributed by atoms with Gasteiger partial charge in [0.15, 0.2) is 5.96 Å². The van der Waals surface area contributed by atoms with Crippen LogP contribution in [0.4, 0.5) is 0 Å². The Bertz CT molecular complexity index is 869. The van der Waals surface area contributed by atoms with Crippen LogP contribution in [-0.4, -0.2) is 56.0 Å². The summed E-state index contributed by atoms with van der Waals surface area (Å²) >= 11 is 1.88. The van der Waals surface area contributed by atoms with Gasteiger partial charge in [0.2, 0.25) is 0 Å². The van der Waals surface area contributed by atoms with E-state index in [1.54, 1.807) is 7.05 Å². The fraction of sp³-hybridized carbons (Fsp3) is 0.478. The molecule has 170 valence electrons. The van der Waals surface area contributed by atoms with E-state index in [2.05, 4.69) is 52.2 Å². The molecule has 1 amide bonds. The quantitative estimate of drug-likeness (QED) is 0.266. The topological polar surface area (TPSA) is 68.8 Å². The molecule has 0 aliphatic carbocycles. The molecule has 3 rings (SSSR count). The summed E-state index contributed by atoms with van der Waals surface area (Å²) < 4.78 is 0. The van der Waals surface area contributed by atoms with E-state index < -0.39 is 0 Å². The molecule has 1 aromatic carbocycles. The van der Waals surface area contributed by atoms with Gasteiger partial charge >= 0.3 is 0 Å². The van der Waals surface area contributed by atoms with Crippen molar-refractivity contribution in [2.75, 3.05) is 33.2 Å². The van der Waals surface area contributed by atoms with E-state index in [9.17, 15) is 4.79 Å². The summed E-state index contributed by atoms with van der Waals surface area (Å²) in [6.45, 7) is 8.83. The highest BCUT2D eigenvalue weighted by Crippen LogP contribution is 2.25. The first-order chi connectivity index (χ1) is 14.6. The van der Waals surface area contributed by atoms with Gasteiger partial charge in [0, 0.05) is 49.7 Å². The van der Waals surface area contributed by atoms with Crippen LogP contribution in [0.15, 0.2) is 40.7 Å². The normalized spacial score (nSPS) is 14.9. The van der Waals surface area contributed by atoms with Crippen molar-refractivity contribution < 1.29 is 4.79 Å². The van der Waals surface area contributed by atoms with Gasteiger partial charge in [0.25, 0.3) is 5.91 Å².